The first-order valence-electron chi connectivity index (χ1n) is 11.9. The molecule has 5 heteroatoms. The predicted octanol–water partition coefficient (Wildman–Crippen LogP) is 5.31. The standard InChI is InChI=1S/C29H33NO3.ClH/c1-32-26-12-7-11-25(20-26)29(31)15-18-30(19-16-29)17-14-28(24-9-3-2-4-10-24)22-33-21-23-8-5-6-13-27(23)28;/h2-13,20,31H,14-19,21-22H2,1H3;1H. The third-order valence-electron chi connectivity index (χ3n) is 7.61. The molecule has 2 heterocycles. The maximum atomic E-state index is 11.4. The lowest BCUT2D eigenvalue weighted by Gasteiger charge is -2.43. The molecule has 1 atom stereocenters. The maximum Gasteiger partial charge on any atom is 0.119 e. The fourth-order valence-electron chi connectivity index (χ4n) is 5.57. The Balaban J connectivity index is 0.00000274. The highest BCUT2D eigenvalue weighted by Crippen LogP contribution is 2.42. The van der Waals surface area contributed by atoms with E-state index < -0.39 is 5.60 Å². The zero-order valence-corrected chi connectivity index (χ0v) is 20.6. The summed E-state index contributed by atoms with van der Waals surface area (Å²) in [6, 6.07) is 27.4. The molecule has 2 aliphatic heterocycles. The number of ether oxygens (including phenoxy) is 2. The van der Waals surface area contributed by atoms with Gasteiger partial charge >= 0.3 is 0 Å². The highest BCUT2D eigenvalue weighted by atomic mass is 35.5. The van der Waals surface area contributed by atoms with E-state index >= 15 is 0 Å². The van der Waals surface area contributed by atoms with Gasteiger partial charge in [-0.25, -0.2) is 0 Å². The summed E-state index contributed by atoms with van der Waals surface area (Å²) >= 11 is 0. The second-order valence-corrected chi connectivity index (χ2v) is 9.45. The third-order valence-corrected chi connectivity index (χ3v) is 7.61. The summed E-state index contributed by atoms with van der Waals surface area (Å²) in [5.74, 6) is 0.795. The van der Waals surface area contributed by atoms with Crippen molar-refractivity contribution >= 4 is 12.4 Å². The molecule has 0 saturated carbocycles. The van der Waals surface area contributed by atoms with Crippen molar-refractivity contribution in [1.82, 2.24) is 4.90 Å². The molecule has 180 valence electrons. The van der Waals surface area contributed by atoms with Crippen LogP contribution in [-0.4, -0.2) is 43.4 Å². The van der Waals surface area contributed by atoms with E-state index in [0.29, 0.717) is 13.2 Å². The van der Waals surface area contributed by atoms with Gasteiger partial charge in [0, 0.05) is 18.5 Å². The van der Waals surface area contributed by atoms with Gasteiger partial charge in [-0.3, -0.25) is 0 Å². The zero-order chi connectivity index (χ0) is 22.7. The van der Waals surface area contributed by atoms with Crippen LogP contribution >= 0.6 is 12.4 Å². The van der Waals surface area contributed by atoms with E-state index in [1.54, 1.807) is 7.11 Å². The number of likely N-dealkylation sites (tertiary alicyclic amines) is 1. The number of fused-ring (bicyclic) bond motifs is 1. The first-order valence-corrected chi connectivity index (χ1v) is 11.9. The lowest BCUT2D eigenvalue weighted by molar-refractivity contribution is -0.0285. The molecule has 0 aromatic heterocycles. The zero-order valence-electron chi connectivity index (χ0n) is 19.8. The molecule has 34 heavy (non-hydrogen) atoms. The van der Waals surface area contributed by atoms with Crippen LogP contribution in [0.3, 0.4) is 0 Å². The summed E-state index contributed by atoms with van der Waals surface area (Å²) in [5.41, 5.74) is 4.03. The fraction of sp³-hybridized carbons (Fsp3) is 0.379. The van der Waals surface area contributed by atoms with Gasteiger partial charge < -0.3 is 19.5 Å². The molecular weight excluding hydrogens is 446 g/mol. The van der Waals surface area contributed by atoms with Gasteiger partial charge in [0.05, 0.1) is 25.9 Å². The van der Waals surface area contributed by atoms with E-state index in [1.165, 1.54) is 16.7 Å². The van der Waals surface area contributed by atoms with Crippen molar-refractivity contribution in [3.05, 3.63) is 101 Å². The van der Waals surface area contributed by atoms with Crippen LogP contribution in [0.25, 0.3) is 0 Å². The van der Waals surface area contributed by atoms with Crippen LogP contribution in [0, 0.1) is 0 Å². The van der Waals surface area contributed by atoms with Crippen molar-refractivity contribution in [2.75, 3.05) is 33.4 Å². The summed E-state index contributed by atoms with van der Waals surface area (Å²) in [7, 11) is 1.67. The van der Waals surface area contributed by atoms with E-state index in [1.807, 2.05) is 24.3 Å². The van der Waals surface area contributed by atoms with Crippen molar-refractivity contribution < 1.29 is 14.6 Å². The van der Waals surface area contributed by atoms with Crippen LogP contribution in [0.2, 0.25) is 0 Å². The van der Waals surface area contributed by atoms with Gasteiger partial charge in [0.15, 0.2) is 0 Å². The topological polar surface area (TPSA) is 41.9 Å². The second kappa shape index (κ2) is 10.5. The Morgan fingerprint density at radius 1 is 0.912 bits per heavy atom. The molecule has 0 aliphatic carbocycles. The molecule has 0 spiro atoms. The summed E-state index contributed by atoms with van der Waals surface area (Å²) in [4.78, 5) is 2.50. The Labute approximate surface area is 208 Å². The van der Waals surface area contributed by atoms with Crippen molar-refractivity contribution in [1.29, 1.82) is 0 Å². The fourth-order valence-corrected chi connectivity index (χ4v) is 5.57. The lowest BCUT2D eigenvalue weighted by atomic mass is 9.70. The SMILES string of the molecule is COc1cccc(C2(O)CCN(CCC3(c4ccccc4)COCc4ccccc43)CC2)c1.Cl. The highest BCUT2D eigenvalue weighted by Gasteiger charge is 2.40. The molecule has 3 aromatic rings. The summed E-state index contributed by atoms with van der Waals surface area (Å²) in [5, 5.41) is 11.4. The van der Waals surface area contributed by atoms with Gasteiger partial charge in [-0.05, 0) is 60.2 Å². The van der Waals surface area contributed by atoms with E-state index in [0.717, 1.165) is 50.2 Å². The van der Waals surface area contributed by atoms with Crippen molar-refractivity contribution in [2.24, 2.45) is 0 Å². The van der Waals surface area contributed by atoms with Crippen LogP contribution < -0.4 is 4.74 Å². The van der Waals surface area contributed by atoms with Gasteiger partial charge in [-0.2, -0.15) is 0 Å². The van der Waals surface area contributed by atoms with Gasteiger partial charge in [0.2, 0.25) is 0 Å². The molecule has 0 bridgehead atoms. The molecule has 4 nitrogen and oxygen atoms in total. The summed E-state index contributed by atoms with van der Waals surface area (Å²) in [6.07, 6.45) is 2.45. The molecule has 2 aliphatic rings. The molecule has 3 aromatic carbocycles. The highest BCUT2D eigenvalue weighted by molar-refractivity contribution is 5.85. The molecular formula is C29H34ClNO3. The summed E-state index contributed by atoms with van der Waals surface area (Å²) in [6.45, 7) is 4.11. The van der Waals surface area contributed by atoms with Crippen molar-refractivity contribution in [2.45, 2.75) is 36.9 Å². The number of piperidine rings is 1. The molecule has 5 rings (SSSR count). The number of halogens is 1. The Bertz CT molecular complexity index is 1080. The minimum atomic E-state index is -0.789. The largest absolute Gasteiger partial charge is 0.497 e. The smallest absolute Gasteiger partial charge is 0.119 e. The van der Waals surface area contributed by atoms with Crippen molar-refractivity contribution in [3.63, 3.8) is 0 Å². The number of rotatable bonds is 6. The van der Waals surface area contributed by atoms with Crippen LogP contribution in [0.5, 0.6) is 5.75 Å². The van der Waals surface area contributed by atoms with Crippen LogP contribution in [0.1, 0.15) is 41.5 Å². The quantitative estimate of drug-likeness (QED) is 0.520. The minimum Gasteiger partial charge on any atom is -0.497 e. The number of aliphatic hydroxyl groups is 1. The average Bonchev–Trinajstić information content (AvgIpc) is 2.89. The number of benzene rings is 3. The van der Waals surface area contributed by atoms with E-state index in [4.69, 9.17) is 9.47 Å². The second-order valence-electron chi connectivity index (χ2n) is 9.45. The van der Waals surface area contributed by atoms with Crippen LogP contribution in [0.15, 0.2) is 78.9 Å². The van der Waals surface area contributed by atoms with E-state index in [9.17, 15) is 5.11 Å². The number of hydrogen-bond donors (Lipinski definition) is 1. The molecule has 1 fully saturated rings. The van der Waals surface area contributed by atoms with E-state index in [2.05, 4.69) is 59.5 Å². The monoisotopic (exact) mass is 479 g/mol. The first-order chi connectivity index (χ1) is 16.1. The van der Waals surface area contributed by atoms with Crippen LogP contribution in [0.4, 0.5) is 0 Å². The number of nitrogens with zero attached hydrogens (tertiary/aromatic N) is 1. The number of methoxy groups -OCH3 is 1. The maximum absolute atomic E-state index is 11.4. The minimum absolute atomic E-state index is 0. The average molecular weight is 480 g/mol. The van der Waals surface area contributed by atoms with Gasteiger partial charge in [-0.15, -0.1) is 12.4 Å². The van der Waals surface area contributed by atoms with Gasteiger partial charge in [0.25, 0.3) is 0 Å². The van der Waals surface area contributed by atoms with Crippen molar-refractivity contribution in [3.8, 4) is 5.75 Å². The molecule has 1 unspecified atom stereocenters. The predicted molar refractivity (Wildman–Crippen MR) is 138 cm³/mol. The van der Waals surface area contributed by atoms with Gasteiger partial charge in [-0.1, -0.05) is 66.7 Å². The Morgan fingerprint density at radius 2 is 1.62 bits per heavy atom. The molecule has 0 amide bonds. The molecule has 1 N–H and O–H groups in total. The van der Waals surface area contributed by atoms with E-state index in [-0.39, 0.29) is 17.8 Å². The van der Waals surface area contributed by atoms with Crippen LogP contribution in [-0.2, 0) is 22.4 Å². The Morgan fingerprint density at radius 3 is 2.38 bits per heavy atom. The molecule has 1 saturated heterocycles. The van der Waals surface area contributed by atoms with Gasteiger partial charge in [0.1, 0.15) is 5.75 Å². The number of hydrogen-bond acceptors (Lipinski definition) is 4. The third kappa shape index (κ3) is 4.73. The Hall–Kier alpha value is -2.37. The Kier molecular flexibility index (Phi) is 7.63. The molecule has 0 radical (unpaired) electrons. The first kappa shape index (κ1) is 24.7. The lowest BCUT2D eigenvalue weighted by Crippen LogP contribution is -2.46. The summed E-state index contributed by atoms with van der Waals surface area (Å²) < 4.78 is 11.5. The normalized spacial score (nSPS) is 21.8.